The maximum absolute atomic E-state index is 12.3. The van der Waals surface area contributed by atoms with Crippen LogP contribution in [0.25, 0.3) is 16.7 Å². The van der Waals surface area contributed by atoms with Crippen LogP contribution in [-0.4, -0.2) is 21.5 Å². The molecule has 0 aliphatic rings. The quantitative estimate of drug-likeness (QED) is 0.750. The normalized spacial score (nSPS) is 12.3. The Morgan fingerprint density at radius 1 is 1.16 bits per heavy atom. The van der Waals surface area contributed by atoms with E-state index in [0.29, 0.717) is 5.56 Å². The third-order valence-electron chi connectivity index (χ3n) is 4.68. The molecule has 0 radical (unpaired) electrons. The second-order valence-corrected chi connectivity index (χ2v) is 6.50. The number of aryl methyl sites for hydroxylation is 2. The molecule has 2 aromatic carbocycles. The molecular formula is C21H25N3O. The van der Waals surface area contributed by atoms with E-state index in [0.717, 1.165) is 35.4 Å². The lowest BCUT2D eigenvalue weighted by molar-refractivity contribution is 0.0939. The van der Waals surface area contributed by atoms with Crippen LogP contribution in [0.3, 0.4) is 0 Å². The predicted molar refractivity (Wildman–Crippen MR) is 102 cm³/mol. The van der Waals surface area contributed by atoms with E-state index in [1.54, 1.807) is 0 Å². The van der Waals surface area contributed by atoms with Crippen molar-refractivity contribution in [1.82, 2.24) is 14.9 Å². The highest BCUT2D eigenvalue weighted by Gasteiger charge is 2.13. The van der Waals surface area contributed by atoms with Crippen molar-refractivity contribution in [2.24, 2.45) is 0 Å². The number of amides is 1. The standard InChI is InChI=1S/C21H25N3O/c1-5-14(3)22-21(25)17-9-12-20-19(13-17)23-15(4)24(20)18-10-7-16(6-2)8-11-18/h7-14H,5-6H2,1-4H3,(H,22,25)/t14-/m1/s1. The fourth-order valence-corrected chi connectivity index (χ4v) is 2.96. The summed E-state index contributed by atoms with van der Waals surface area (Å²) in [6, 6.07) is 14.4. The lowest BCUT2D eigenvalue weighted by Gasteiger charge is -2.11. The average Bonchev–Trinajstić information content (AvgIpc) is 2.96. The van der Waals surface area contributed by atoms with Crippen LogP contribution in [-0.2, 0) is 6.42 Å². The molecule has 4 heteroatoms. The Kier molecular flexibility index (Phi) is 4.88. The van der Waals surface area contributed by atoms with Crippen molar-refractivity contribution in [3.63, 3.8) is 0 Å². The highest BCUT2D eigenvalue weighted by molar-refractivity contribution is 5.97. The van der Waals surface area contributed by atoms with E-state index in [-0.39, 0.29) is 11.9 Å². The van der Waals surface area contributed by atoms with Gasteiger partial charge >= 0.3 is 0 Å². The molecule has 0 bridgehead atoms. The molecule has 1 aromatic heterocycles. The summed E-state index contributed by atoms with van der Waals surface area (Å²) in [6.45, 7) is 8.21. The maximum Gasteiger partial charge on any atom is 0.251 e. The zero-order chi connectivity index (χ0) is 18.0. The summed E-state index contributed by atoms with van der Waals surface area (Å²) in [5, 5.41) is 3.00. The third-order valence-corrected chi connectivity index (χ3v) is 4.68. The first-order valence-electron chi connectivity index (χ1n) is 8.92. The number of hydrogen-bond acceptors (Lipinski definition) is 2. The first-order chi connectivity index (χ1) is 12.0. The van der Waals surface area contributed by atoms with Gasteiger partial charge in [0.25, 0.3) is 5.91 Å². The summed E-state index contributed by atoms with van der Waals surface area (Å²) in [5.41, 5.74) is 4.92. The highest BCUT2D eigenvalue weighted by atomic mass is 16.1. The number of aromatic nitrogens is 2. The monoisotopic (exact) mass is 335 g/mol. The van der Waals surface area contributed by atoms with Crippen LogP contribution in [0, 0.1) is 6.92 Å². The van der Waals surface area contributed by atoms with E-state index in [1.165, 1.54) is 5.56 Å². The molecule has 1 heterocycles. The smallest absolute Gasteiger partial charge is 0.251 e. The van der Waals surface area contributed by atoms with E-state index in [1.807, 2.05) is 32.0 Å². The molecular weight excluding hydrogens is 310 g/mol. The van der Waals surface area contributed by atoms with Gasteiger partial charge in [-0.05, 0) is 62.6 Å². The number of carbonyl (C=O) groups excluding carboxylic acids is 1. The van der Waals surface area contributed by atoms with Crippen LogP contribution in [0.1, 0.15) is 48.9 Å². The van der Waals surface area contributed by atoms with Crippen LogP contribution in [0.5, 0.6) is 0 Å². The Morgan fingerprint density at radius 3 is 2.52 bits per heavy atom. The van der Waals surface area contributed by atoms with Gasteiger partial charge in [-0.1, -0.05) is 26.0 Å². The Labute approximate surface area is 148 Å². The molecule has 0 unspecified atom stereocenters. The summed E-state index contributed by atoms with van der Waals surface area (Å²) in [6.07, 6.45) is 1.94. The van der Waals surface area contributed by atoms with E-state index in [4.69, 9.17) is 0 Å². The molecule has 0 aliphatic heterocycles. The summed E-state index contributed by atoms with van der Waals surface area (Å²) in [4.78, 5) is 17.0. The van der Waals surface area contributed by atoms with Gasteiger partial charge in [-0.15, -0.1) is 0 Å². The highest BCUT2D eigenvalue weighted by Crippen LogP contribution is 2.23. The Bertz CT molecular complexity index is 893. The van der Waals surface area contributed by atoms with Crippen molar-refractivity contribution >= 4 is 16.9 Å². The van der Waals surface area contributed by atoms with E-state index in [2.05, 4.69) is 53.0 Å². The predicted octanol–water partition coefficient (Wildman–Crippen LogP) is 4.42. The number of carbonyl (C=O) groups is 1. The van der Waals surface area contributed by atoms with Gasteiger partial charge in [0.15, 0.2) is 0 Å². The van der Waals surface area contributed by atoms with Gasteiger partial charge in [0, 0.05) is 17.3 Å². The number of nitrogens with one attached hydrogen (secondary N) is 1. The zero-order valence-electron chi connectivity index (χ0n) is 15.3. The number of hydrogen-bond donors (Lipinski definition) is 1. The zero-order valence-corrected chi connectivity index (χ0v) is 15.3. The van der Waals surface area contributed by atoms with Crippen molar-refractivity contribution in [1.29, 1.82) is 0 Å². The van der Waals surface area contributed by atoms with Crippen molar-refractivity contribution in [2.75, 3.05) is 0 Å². The van der Waals surface area contributed by atoms with Gasteiger partial charge in [-0.25, -0.2) is 4.98 Å². The molecule has 1 N–H and O–H groups in total. The van der Waals surface area contributed by atoms with Crippen molar-refractivity contribution in [3.8, 4) is 5.69 Å². The van der Waals surface area contributed by atoms with Crippen LogP contribution < -0.4 is 5.32 Å². The van der Waals surface area contributed by atoms with Crippen molar-refractivity contribution < 1.29 is 4.79 Å². The number of fused-ring (bicyclic) bond motifs is 1. The second kappa shape index (κ2) is 7.09. The second-order valence-electron chi connectivity index (χ2n) is 6.50. The first-order valence-corrected chi connectivity index (χ1v) is 8.92. The molecule has 0 fully saturated rings. The van der Waals surface area contributed by atoms with Gasteiger partial charge in [-0.2, -0.15) is 0 Å². The molecule has 3 aromatic rings. The number of imidazole rings is 1. The fourth-order valence-electron chi connectivity index (χ4n) is 2.96. The molecule has 1 amide bonds. The van der Waals surface area contributed by atoms with Gasteiger partial charge < -0.3 is 5.32 Å². The van der Waals surface area contributed by atoms with Crippen LogP contribution in [0.4, 0.5) is 0 Å². The van der Waals surface area contributed by atoms with Crippen LogP contribution in [0.15, 0.2) is 42.5 Å². The van der Waals surface area contributed by atoms with Gasteiger partial charge in [0.05, 0.1) is 11.0 Å². The molecule has 1 atom stereocenters. The lowest BCUT2D eigenvalue weighted by atomic mass is 10.1. The number of rotatable bonds is 5. The van der Waals surface area contributed by atoms with Crippen molar-refractivity contribution in [2.45, 2.75) is 46.6 Å². The maximum atomic E-state index is 12.3. The molecule has 25 heavy (non-hydrogen) atoms. The summed E-state index contributed by atoms with van der Waals surface area (Å²) in [5.74, 6) is 0.870. The lowest BCUT2D eigenvalue weighted by Crippen LogP contribution is -2.31. The Morgan fingerprint density at radius 2 is 1.88 bits per heavy atom. The summed E-state index contributed by atoms with van der Waals surface area (Å²) in [7, 11) is 0. The molecule has 0 aliphatic carbocycles. The molecule has 130 valence electrons. The molecule has 0 saturated carbocycles. The molecule has 3 rings (SSSR count). The molecule has 0 saturated heterocycles. The Hall–Kier alpha value is -2.62. The summed E-state index contributed by atoms with van der Waals surface area (Å²) >= 11 is 0. The molecule has 4 nitrogen and oxygen atoms in total. The number of nitrogens with zero attached hydrogens (tertiary/aromatic N) is 2. The van der Waals surface area contributed by atoms with Gasteiger partial charge in [0.1, 0.15) is 5.82 Å². The van der Waals surface area contributed by atoms with Crippen molar-refractivity contribution in [3.05, 3.63) is 59.4 Å². The summed E-state index contributed by atoms with van der Waals surface area (Å²) < 4.78 is 2.13. The topological polar surface area (TPSA) is 46.9 Å². The third kappa shape index (κ3) is 3.43. The first kappa shape index (κ1) is 17.2. The van der Waals surface area contributed by atoms with E-state index in [9.17, 15) is 4.79 Å². The largest absolute Gasteiger partial charge is 0.350 e. The van der Waals surface area contributed by atoms with Gasteiger partial charge in [-0.3, -0.25) is 9.36 Å². The SMILES string of the molecule is CCc1ccc(-n2c(C)nc3cc(C(=O)N[C@H](C)CC)ccc32)cc1. The van der Waals surface area contributed by atoms with E-state index < -0.39 is 0 Å². The number of benzene rings is 2. The fraction of sp³-hybridized carbons (Fsp3) is 0.333. The average molecular weight is 335 g/mol. The van der Waals surface area contributed by atoms with Crippen LogP contribution in [0.2, 0.25) is 0 Å². The minimum absolute atomic E-state index is 0.0456. The minimum atomic E-state index is -0.0456. The minimum Gasteiger partial charge on any atom is -0.350 e. The van der Waals surface area contributed by atoms with Crippen LogP contribution >= 0.6 is 0 Å². The van der Waals surface area contributed by atoms with Gasteiger partial charge in [0.2, 0.25) is 0 Å². The Balaban J connectivity index is 1.99. The van der Waals surface area contributed by atoms with E-state index >= 15 is 0 Å². The molecule has 0 spiro atoms.